The van der Waals surface area contributed by atoms with Gasteiger partial charge in [0.05, 0.1) is 11.9 Å². The number of aromatic nitrogens is 3. The summed E-state index contributed by atoms with van der Waals surface area (Å²) in [6.07, 6.45) is 4.47. The number of aliphatic carboxylic acids is 1. The Kier molecular flexibility index (Phi) is 4.46. The Labute approximate surface area is 122 Å². The standard InChI is InChI=1S/C12H11BrN4O3/c13-10-2-1-7(4-15-10)11(18)17-9(12(19)20)3-8-5-14-6-16-8/h1-2,4-6,9H,3H2,(H,14,16)(H,17,18)(H,19,20)/t9-/m0/s1. The van der Waals surface area contributed by atoms with Crippen molar-refractivity contribution in [3.8, 4) is 0 Å². The highest BCUT2D eigenvalue weighted by atomic mass is 79.9. The van der Waals surface area contributed by atoms with Crippen LogP contribution in [0, 0.1) is 0 Å². The number of pyridine rings is 1. The number of carbonyl (C=O) groups excluding carboxylic acids is 1. The first-order valence-corrected chi connectivity index (χ1v) is 6.48. The Morgan fingerprint density at radius 2 is 2.20 bits per heavy atom. The highest BCUT2D eigenvalue weighted by molar-refractivity contribution is 9.10. The lowest BCUT2D eigenvalue weighted by Crippen LogP contribution is -2.42. The Morgan fingerprint density at radius 3 is 2.75 bits per heavy atom. The number of nitrogens with zero attached hydrogens (tertiary/aromatic N) is 2. The van der Waals surface area contributed by atoms with Crippen LogP contribution in [0.5, 0.6) is 0 Å². The Hall–Kier alpha value is -2.22. The lowest BCUT2D eigenvalue weighted by atomic mass is 10.1. The van der Waals surface area contributed by atoms with E-state index in [0.717, 1.165) is 0 Å². The highest BCUT2D eigenvalue weighted by Crippen LogP contribution is 2.07. The number of carbonyl (C=O) groups is 2. The minimum atomic E-state index is -1.11. The normalized spacial score (nSPS) is 11.8. The van der Waals surface area contributed by atoms with Crippen LogP contribution < -0.4 is 5.32 Å². The monoisotopic (exact) mass is 338 g/mol. The Balaban J connectivity index is 2.06. The lowest BCUT2D eigenvalue weighted by Gasteiger charge is -2.13. The minimum Gasteiger partial charge on any atom is -0.480 e. The van der Waals surface area contributed by atoms with Crippen molar-refractivity contribution < 1.29 is 14.7 Å². The number of hydrogen-bond acceptors (Lipinski definition) is 4. The van der Waals surface area contributed by atoms with Crippen molar-refractivity contribution in [2.45, 2.75) is 12.5 Å². The largest absolute Gasteiger partial charge is 0.480 e. The molecule has 0 aromatic carbocycles. The first-order valence-electron chi connectivity index (χ1n) is 5.68. The van der Waals surface area contributed by atoms with Crippen LogP contribution in [-0.4, -0.2) is 38.0 Å². The van der Waals surface area contributed by atoms with Gasteiger partial charge in [-0.3, -0.25) is 4.79 Å². The second-order valence-electron chi connectivity index (χ2n) is 4.01. The molecule has 0 fully saturated rings. The number of rotatable bonds is 5. The number of imidazole rings is 1. The molecule has 2 aromatic heterocycles. The van der Waals surface area contributed by atoms with Crippen LogP contribution in [0.4, 0.5) is 0 Å². The molecule has 1 atom stereocenters. The van der Waals surface area contributed by atoms with Crippen LogP contribution in [0.25, 0.3) is 0 Å². The summed E-state index contributed by atoms with van der Waals surface area (Å²) in [6.45, 7) is 0. The SMILES string of the molecule is O=C(N[C@@H](Cc1cnc[nH]1)C(=O)O)c1ccc(Br)nc1. The predicted octanol–water partition coefficient (Wildman–Crippen LogP) is 0.993. The van der Waals surface area contributed by atoms with Gasteiger partial charge >= 0.3 is 5.97 Å². The fraction of sp³-hybridized carbons (Fsp3) is 0.167. The van der Waals surface area contributed by atoms with E-state index < -0.39 is 17.9 Å². The van der Waals surface area contributed by atoms with E-state index in [9.17, 15) is 9.59 Å². The van der Waals surface area contributed by atoms with E-state index in [1.165, 1.54) is 18.7 Å². The first kappa shape index (κ1) is 14.2. The number of amides is 1. The maximum Gasteiger partial charge on any atom is 0.326 e. The maximum atomic E-state index is 11.9. The van der Waals surface area contributed by atoms with Gasteiger partial charge in [-0.2, -0.15) is 0 Å². The van der Waals surface area contributed by atoms with Gasteiger partial charge in [-0.15, -0.1) is 0 Å². The van der Waals surface area contributed by atoms with E-state index in [2.05, 4.69) is 36.2 Å². The third-order valence-corrected chi connectivity index (χ3v) is 3.04. The van der Waals surface area contributed by atoms with Crippen molar-refractivity contribution in [3.05, 3.63) is 46.7 Å². The summed E-state index contributed by atoms with van der Waals surface area (Å²) < 4.78 is 0.598. The van der Waals surface area contributed by atoms with E-state index in [0.29, 0.717) is 15.9 Å². The van der Waals surface area contributed by atoms with Crippen molar-refractivity contribution in [3.63, 3.8) is 0 Å². The summed E-state index contributed by atoms with van der Waals surface area (Å²) in [5.41, 5.74) is 0.927. The van der Waals surface area contributed by atoms with E-state index in [4.69, 9.17) is 5.11 Å². The number of aromatic amines is 1. The molecule has 0 spiro atoms. The molecule has 2 aromatic rings. The molecule has 7 nitrogen and oxygen atoms in total. The molecule has 2 heterocycles. The smallest absolute Gasteiger partial charge is 0.326 e. The molecular formula is C12H11BrN4O3. The second-order valence-corrected chi connectivity index (χ2v) is 4.83. The molecule has 8 heteroatoms. The summed E-state index contributed by atoms with van der Waals surface area (Å²) in [7, 11) is 0. The van der Waals surface area contributed by atoms with Gasteiger partial charge in [-0.1, -0.05) is 0 Å². The molecule has 3 N–H and O–H groups in total. The molecule has 0 aliphatic rings. The van der Waals surface area contributed by atoms with Gasteiger partial charge in [0.15, 0.2) is 0 Å². The number of H-pyrrole nitrogens is 1. The number of carboxylic acids is 1. The van der Waals surface area contributed by atoms with Gasteiger partial charge in [0.25, 0.3) is 5.91 Å². The van der Waals surface area contributed by atoms with Crippen LogP contribution in [0.15, 0.2) is 35.5 Å². The average molecular weight is 339 g/mol. The highest BCUT2D eigenvalue weighted by Gasteiger charge is 2.21. The minimum absolute atomic E-state index is 0.130. The molecule has 1 amide bonds. The average Bonchev–Trinajstić information content (AvgIpc) is 2.91. The number of halogens is 1. The van der Waals surface area contributed by atoms with E-state index in [1.54, 1.807) is 12.1 Å². The quantitative estimate of drug-likeness (QED) is 0.704. The van der Waals surface area contributed by atoms with Crippen LogP contribution in [0.2, 0.25) is 0 Å². The van der Waals surface area contributed by atoms with Crippen molar-refractivity contribution in [2.24, 2.45) is 0 Å². The van der Waals surface area contributed by atoms with Crippen LogP contribution >= 0.6 is 15.9 Å². The maximum absolute atomic E-state index is 11.9. The second kappa shape index (κ2) is 6.29. The zero-order valence-electron chi connectivity index (χ0n) is 10.2. The van der Waals surface area contributed by atoms with Crippen LogP contribution in [0.3, 0.4) is 0 Å². The van der Waals surface area contributed by atoms with Crippen molar-refractivity contribution >= 4 is 27.8 Å². The number of hydrogen-bond donors (Lipinski definition) is 3. The third kappa shape index (κ3) is 3.64. The number of carboxylic acid groups (broad SMARTS) is 1. The van der Waals surface area contributed by atoms with E-state index in [1.807, 2.05) is 0 Å². The topological polar surface area (TPSA) is 108 Å². The summed E-state index contributed by atoms with van der Waals surface area (Å²) in [4.78, 5) is 33.6. The van der Waals surface area contributed by atoms with Gasteiger partial charge in [-0.05, 0) is 28.1 Å². The van der Waals surface area contributed by atoms with Gasteiger partial charge in [0.1, 0.15) is 10.6 Å². The molecule has 0 saturated heterocycles. The van der Waals surface area contributed by atoms with E-state index >= 15 is 0 Å². The molecule has 0 unspecified atom stereocenters. The molecule has 20 heavy (non-hydrogen) atoms. The first-order chi connectivity index (χ1) is 9.56. The number of nitrogens with one attached hydrogen (secondary N) is 2. The predicted molar refractivity (Wildman–Crippen MR) is 73.1 cm³/mol. The molecule has 0 aliphatic heterocycles. The lowest BCUT2D eigenvalue weighted by molar-refractivity contribution is -0.139. The molecule has 0 saturated carbocycles. The molecule has 0 radical (unpaired) electrons. The molecule has 104 valence electrons. The zero-order chi connectivity index (χ0) is 14.5. The van der Waals surface area contributed by atoms with Crippen LogP contribution in [-0.2, 0) is 11.2 Å². The van der Waals surface area contributed by atoms with Crippen molar-refractivity contribution in [1.82, 2.24) is 20.3 Å². The molecule has 0 bridgehead atoms. The summed E-state index contributed by atoms with van der Waals surface area (Å²) in [6, 6.07) is 2.13. The third-order valence-electron chi connectivity index (χ3n) is 2.57. The van der Waals surface area contributed by atoms with Gasteiger partial charge in [0.2, 0.25) is 0 Å². The van der Waals surface area contributed by atoms with E-state index in [-0.39, 0.29) is 6.42 Å². The Bertz CT molecular complexity index is 598. The molecule has 0 aliphatic carbocycles. The van der Waals surface area contributed by atoms with Crippen molar-refractivity contribution in [1.29, 1.82) is 0 Å². The van der Waals surface area contributed by atoms with Gasteiger partial charge < -0.3 is 15.4 Å². The van der Waals surface area contributed by atoms with Crippen molar-refractivity contribution in [2.75, 3.05) is 0 Å². The fourth-order valence-corrected chi connectivity index (χ4v) is 1.80. The Morgan fingerprint density at radius 1 is 1.40 bits per heavy atom. The summed E-state index contributed by atoms with van der Waals surface area (Å²) >= 11 is 3.16. The summed E-state index contributed by atoms with van der Waals surface area (Å²) in [5, 5.41) is 11.6. The van der Waals surface area contributed by atoms with Gasteiger partial charge in [-0.25, -0.2) is 14.8 Å². The molecule has 2 rings (SSSR count). The molecular weight excluding hydrogens is 328 g/mol. The fourth-order valence-electron chi connectivity index (χ4n) is 1.57. The van der Waals surface area contributed by atoms with Crippen LogP contribution in [0.1, 0.15) is 16.1 Å². The van der Waals surface area contributed by atoms with Gasteiger partial charge in [0, 0.05) is 24.5 Å². The summed E-state index contributed by atoms with van der Waals surface area (Å²) in [5.74, 6) is -1.60. The zero-order valence-corrected chi connectivity index (χ0v) is 11.8.